The summed E-state index contributed by atoms with van der Waals surface area (Å²) in [5.41, 5.74) is 7.70. The molecule has 1 aromatic rings. The summed E-state index contributed by atoms with van der Waals surface area (Å²) in [5.74, 6) is 0. The molecule has 1 aromatic carbocycles. The second-order valence-electron chi connectivity index (χ2n) is 5.80. The maximum absolute atomic E-state index is 11.3. The molecule has 0 saturated carbocycles. The van der Waals surface area contributed by atoms with Gasteiger partial charge in [0.1, 0.15) is 0 Å². The first-order valence-electron chi connectivity index (χ1n) is 7.35. The number of nitrogens with zero attached hydrogens (tertiary/aromatic N) is 2. The molecule has 5 nitrogen and oxygen atoms in total. The van der Waals surface area contributed by atoms with E-state index in [0.29, 0.717) is 6.54 Å². The number of rotatable bonds is 3. The zero-order chi connectivity index (χ0) is 15.0. The minimum Gasteiger partial charge on any atom is -0.465 e. The number of hydrogen-bond donors (Lipinski definition) is 2. The molecule has 0 radical (unpaired) electrons. The third kappa shape index (κ3) is 2.68. The summed E-state index contributed by atoms with van der Waals surface area (Å²) < 4.78 is 0. The Morgan fingerprint density at radius 1 is 1.33 bits per heavy atom. The van der Waals surface area contributed by atoms with Crippen LogP contribution in [0.1, 0.15) is 18.4 Å². The normalized spacial score (nSPS) is 24.5. The third-order valence-electron chi connectivity index (χ3n) is 4.49. The van der Waals surface area contributed by atoms with Gasteiger partial charge in [-0.1, -0.05) is 17.7 Å². The van der Waals surface area contributed by atoms with E-state index < -0.39 is 6.09 Å². The molecular formula is C15H20ClN3O2. The Kier molecular flexibility index (Phi) is 3.95. The van der Waals surface area contributed by atoms with Crippen LogP contribution in [0.25, 0.3) is 0 Å². The summed E-state index contributed by atoms with van der Waals surface area (Å²) in [7, 11) is 0. The molecule has 0 aromatic heterocycles. The van der Waals surface area contributed by atoms with Gasteiger partial charge < -0.3 is 15.7 Å². The highest BCUT2D eigenvalue weighted by Crippen LogP contribution is 2.35. The second-order valence-corrected chi connectivity index (χ2v) is 6.21. The Balaban J connectivity index is 1.79. The van der Waals surface area contributed by atoms with Gasteiger partial charge in [0.25, 0.3) is 0 Å². The van der Waals surface area contributed by atoms with Crippen LogP contribution in [0.4, 0.5) is 10.5 Å². The molecule has 3 N–H and O–H groups in total. The molecular weight excluding hydrogens is 290 g/mol. The van der Waals surface area contributed by atoms with E-state index >= 15 is 0 Å². The fourth-order valence-electron chi connectivity index (χ4n) is 3.54. The van der Waals surface area contributed by atoms with Gasteiger partial charge in [-0.05, 0) is 43.5 Å². The first-order valence-corrected chi connectivity index (χ1v) is 7.72. The molecule has 2 aliphatic heterocycles. The van der Waals surface area contributed by atoms with E-state index in [1.807, 2.05) is 12.1 Å². The van der Waals surface area contributed by atoms with Crippen molar-refractivity contribution >= 4 is 23.4 Å². The molecule has 2 unspecified atom stereocenters. The zero-order valence-corrected chi connectivity index (χ0v) is 12.6. The van der Waals surface area contributed by atoms with Gasteiger partial charge in [-0.25, -0.2) is 4.79 Å². The third-order valence-corrected chi connectivity index (χ3v) is 4.79. The summed E-state index contributed by atoms with van der Waals surface area (Å²) in [5, 5.41) is 10.0. The zero-order valence-electron chi connectivity index (χ0n) is 11.8. The number of anilines is 1. The average molecular weight is 310 g/mol. The molecule has 114 valence electrons. The van der Waals surface area contributed by atoms with E-state index in [9.17, 15) is 9.90 Å². The summed E-state index contributed by atoms with van der Waals surface area (Å²) >= 11 is 6.40. The maximum atomic E-state index is 11.3. The van der Waals surface area contributed by atoms with Crippen LogP contribution >= 0.6 is 11.6 Å². The highest BCUT2D eigenvalue weighted by Gasteiger charge is 2.42. The molecule has 0 spiro atoms. The fraction of sp³-hybridized carbons (Fsp3) is 0.533. The number of hydrogen-bond acceptors (Lipinski definition) is 3. The van der Waals surface area contributed by atoms with E-state index in [4.69, 9.17) is 17.3 Å². The van der Waals surface area contributed by atoms with Crippen LogP contribution in [0.3, 0.4) is 0 Å². The minimum atomic E-state index is -0.799. The van der Waals surface area contributed by atoms with Crippen molar-refractivity contribution in [1.82, 2.24) is 4.90 Å². The molecule has 2 saturated heterocycles. The lowest BCUT2D eigenvalue weighted by molar-refractivity contribution is 0.115. The topological polar surface area (TPSA) is 69.8 Å². The Morgan fingerprint density at radius 2 is 2.00 bits per heavy atom. The number of halogens is 1. The molecule has 2 fully saturated rings. The van der Waals surface area contributed by atoms with Crippen molar-refractivity contribution in [2.75, 3.05) is 24.5 Å². The molecule has 6 heteroatoms. The van der Waals surface area contributed by atoms with Gasteiger partial charge in [0, 0.05) is 13.1 Å². The second kappa shape index (κ2) is 5.73. The predicted octanol–water partition coefficient (Wildman–Crippen LogP) is 2.17. The average Bonchev–Trinajstić information content (AvgIpc) is 2.71. The van der Waals surface area contributed by atoms with Crippen LogP contribution < -0.4 is 10.6 Å². The Morgan fingerprint density at radius 3 is 2.52 bits per heavy atom. The van der Waals surface area contributed by atoms with Gasteiger partial charge in [0.05, 0.1) is 22.8 Å². The lowest BCUT2D eigenvalue weighted by Gasteiger charge is -2.41. The SMILES string of the molecule is NCCc1ccc(N2CC3CCC(C2)N3C(=O)O)c(Cl)c1. The quantitative estimate of drug-likeness (QED) is 0.898. The largest absolute Gasteiger partial charge is 0.465 e. The molecule has 21 heavy (non-hydrogen) atoms. The Labute approximate surface area is 129 Å². The van der Waals surface area contributed by atoms with Crippen molar-refractivity contribution in [3.05, 3.63) is 28.8 Å². The molecule has 2 heterocycles. The van der Waals surface area contributed by atoms with E-state index in [0.717, 1.165) is 48.6 Å². The smallest absolute Gasteiger partial charge is 0.407 e. The number of piperazine rings is 1. The van der Waals surface area contributed by atoms with Gasteiger partial charge in [-0.15, -0.1) is 0 Å². The van der Waals surface area contributed by atoms with E-state index in [1.54, 1.807) is 4.90 Å². The number of nitrogens with two attached hydrogens (primary N) is 1. The Hall–Kier alpha value is -1.46. The van der Waals surface area contributed by atoms with Crippen LogP contribution in [-0.4, -0.2) is 47.8 Å². The standard InChI is InChI=1S/C15H20ClN3O2/c16-13-7-10(5-6-17)1-4-14(13)18-8-11-2-3-12(9-18)19(11)15(20)21/h1,4,7,11-12H,2-3,5-6,8-9,17H2,(H,20,21). The van der Waals surface area contributed by atoms with Crippen molar-refractivity contribution < 1.29 is 9.90 Å². The van der Waals surface area contributed by atoms with Crippen LogP contribution in [0, 0.1) is 0 Å². The summed E-state index contributed by atoms with van der Waals surface area (Å²) in [6.45, 7) is 2.05. The molecule has 1 amide bonds. The highest BCUT2D eigenvalue weighted by atomic mass is 35.5. The monoisotopic (exact) mass is 309 g/mol. The van der Waals surface area contributed by atoms with E-state index in [2.05, 4.69) is 11.0 Å². The van der Waals surface area contributed by atoms with Crippen LogP contribution in [-0.2, 0) is 6.42 Å². The summed E-state index contributed by atoms with van der Waals surface area (Å²) in [6.07, 6.45) is 1.90. The summed E-state index contributed by atoms with van der Waals surface area (Å²) in [6, 6.07) is 6.22. The van der Waals surface area contributed by atoms with Crippen molar-refractivity contribution in [2.45, 2.75) is 31.3 Å². The van der Waals surface area contributed by atoms with Gasteiger partial charge in [0.2, 0.25) is 0 Å². The first-order chi connectivity index (χ1) is 10.1. The van der Waals surface area contributed by atoms with Gasteiger partial charge in [0.15, 0.2) is 0 Å². The number of fused-ring (bicyclic) bond motifs is 2. The van der Waals surface area contributed by atoms with Crippen molar-refractivity contribution in [3.63, 3.8) is 0 Å². The minimum absolute atomic E-state index is 0.0843. The van der Waals surface area contributed by atoms with Crippen LogP contribution in [0.2, 0.25) is 5.02 Å². The van der Waals surface area contributed by atoms with Crippen molar-refractivity contribution in [2.24, 2.45) is 5.73 Å². The predicted molar refractivity (Wildman–Crippen MR) is 83.1 cm³/mol. The van der Waals surface area contributed by atoms with Crippen LogP contribution in [0.5, 0.6) is 0 Å². The lowest BCUT2D eigenvalue weighted by Crippen LogP contribution is -2.55. The maximum Gasteiger partial charge on any atom is 0.407 e. The first kappa shape index (κ1) is 14.5. The Bertz CT molecular complexity index is 538. The fourth-order valence-corrected chi connectivity index (χ4v) is 3.86. The van der Waals surface area contributed by atoms with Crippen molar-refractivity contribution in [1.29, 1.82) is 0 Å². The van der Waals surface area contributed by atoms with Gasteiger partial charge in [-0.2, -0.15) is 0 Å². The number of carboxylic acid groups (broad SMARTS) is 1. The number of carbonyl (C=O) groups is 1. The molecule has 2 bridgehead atoms. The number of amides is 1. The van der Waals surface area contributed by atoms with Crippen molar-refractivity contribution in [3.8, 4) is 0 Å². The molecule has 2 aliphatic rings. The van der Waals surface area contributed by atoms with Gasteiger partial charge >= 0.3 is 6.09 Å². The summed E-state index contributed by atoms with van der Waals surface area (Å²) in [4.78, 5) is 15.1. The lowest BCUT2D eigenvalue weighted by atomic mass is 10.1. The molecule has 2 atom stereocenters. The highest BCUT2D eigenvalue weighted by molar-refractivity contribution is 6.33. The van der Waals surface area contributed by atoms with Gasteiger partial charge in [-0.3, -0.25) is 4.90 Å². The van der Waals surface area contributed by atoms with E-state index in [-0.39, 0.29) is 12.1 Å². The van der Waals surface area contributed by atoms with E-state index in [1.165, 1.54) is 0 Å². The molecule has 3 rings (SSSR count). The number of benzene rings is 1. The van der Waals surface area contributed by atoms with Crippen LogP contribution in [0.15, 0.2) is 18.2 Å². The molecule has 0 aliphatic carbocycles.